The van der Waals surface area contributed by atoms with Crippen LogP contribution in [0.25, 0.3) is 0 Å². The van der Waals surface area contributed by atoms with E-state index in [2.05, 4.69) is 28.2 Å². The first-order chi connectivity index (χ1) is 9.31. The molecule has 1 aliphatic heterocycles. The van der Waals surface area contributed by atoms with Gasteiger partial charge in [-0.2, -0.15) is 5.26 Å². The van der Waals surface area contributed by atoms with E-state index < -0.39 is 0 Å². The molecular weight excluding hydrogens is 236 g/mol. The molecule has 0 aliphatic carbocycles. The Morgan fingerprint density at radius 3 is 3.21 bits per heavy atom. The Hall–Kier alpha value is -1.60. The maximum absolute atomic E-state index is 8.98. The lowest BCUT2D eigenvalue weighted by Crippen LogP contribution is -2.38. The summed E-state index contributed by atoms with van der Waals surface area (Å²) in [5, 5.41) is 12.2. The van der Waals surface area contributed by atoms with Crippen molar-refractivity contribution in [2.45, 2.75) is 38.6 Å². The van der Waals surface area contributed by atoms with Gasteiger partial charge >= 0.3 is 0 Å². The summed E-state index contributed by atoms with van der Waals surface area (Å²) in [5.74, 6) is 0.705. The van der Waals surface area contributed by atoms with Crippen LogP contribution >= 0.6 is 0 Å². The molecule has 1 aliphatic rings. The summed E-state index contributed by atoms with van der Waals surface area (Å²) in [6, 6.07) is 6.46. The number of hydrogen-bond acceptors (Lipinski definition) is 4. The van der Waals surface area contributed by atoms with Crippen molar-refractivity contribution in [3.63, 3.8) is 0 Å². The number of anilines is 1. The van der Waals surface area contributed by atoms with E-state index in [1.165, 1.54) is 25.8 Å². The van der Waals surface area contributed by atoms with Crippen molar-refractivity contribution in [3.05, 3.63) is 23.9 Å². The van der Waals surface area contributed by atoms with Crippen molar-refractivity contribution >= 4 is 5.82 Å². The van der Waals surface area contributed by atoms with Crippen LogP contribution in [0, 0.1) is 11.3 Å². The highest BCUT2D eigenvalue weighted by Crippen LogP contribution is 2.16. The van der Waals surface area contributed by atoms with E-state index in [4.69, 9.17) is 5.26 Å². The normalized spacial score (nSPS) is 19.9. The lowest BCUT2D eigenvalue weighted by atomic mass is 10.0. The van der Waals surface area contributed by atoms with Gasteiger partial charge in [0.25, 0.3) is 0 Å². The minimum atomic E-state index is 0.619. The van der Waals surface area contributed by atoms with E-state index >= 15 is 0 Å². The number of likely N-dealkylation sites (tertiary alicyclic amines) is 1. The zero-order chi connectivity index (χ0) is 13.5. The summed E-state index contributed by atoms with van der Waals surface area (Å²) >= 11 is 0. The molecule has 102 valence electrons. The zero-order valence-electron chi connectivity index (χ0n) is 11.6. The Balaban J connectivity index is 1.73. The first-order valence-corrected chi connectivity index (χ1v) is 7.14. The Bertz CT molecular complexity index is 438. The van der Waals surface area contributed by atoms with Crippen LogP contribution in [0.15, 0.2) is 18.3 Å². The predicted octanol–water partition coefficient (Wildman–Crippen LogP) is 2.63. The van der Waals surface area contributed by atoms with Crippen molar-refractivity contribution < 1.29 is 0 Å². The second-order valence-corrected chi connectivity index (χ2v) is 5.17. The number of nitriles is 1. The molecule has 1 aromatic rings. The van der Waals surface area contributed by atoms with Crippen LogP contribution in [0.4, 0.5) is 5.82 Å². The predicted molar refractivity (Wildman–Crippen MR) is 76.9 cm³/mol. The van der Waals surface area contributed by atoms with Gasteiger partial charge in [0, 0.05) is 25.3 Å². The van der Waals surface area contributed by atoms with Crippen LogP contribution in [0.1, 0.15) is 38.2 Å². The van der Waals surface area contributed by atoms with Gasteiger partial charge in [0.05, 0.1) is 5.56 Å². The summed E-state index contributed by atoms with van der Waals surface area (Å²) < 4.78 is 0. The minimum Gasteiger partial charge on any atom is -0.369 e. The van der Waals surface area contributed by atoms with E-state index in [0.717, 1.165) is 25.6 Å². The Morgan fingerprint density at radius 1 is 1.53 bits per heavy atom. The number of nitrogens with zero attached hydrogens (tertiary/aromatic N) is 3. The average Bonchev–Trinajstić information content (AvgIpc) is 2.45. The molecule has 0 unspecified atom stereocenters. The Labute approximate surface area is 115 Å². The molecule has 0 bridgehead atoms. The van der Waals surface area contributed by atoms with Gasteiger partial charge in [-0.1, -0.05) is 6.42 Å². The number of hydrogen-bond donors (Lipinski definition) is 1. The largest absolute Gasteiger partial charge is 0.369 e. The van der Waals surface area contributed by atoms with E-state index in [1.807, 2.05) is 0 Å². The van der Waals surface area contributed by atoms with Gasteiger partial charge in [0.2, 0.25) is 0 Å². The van der Waals surface area contributed by atoms with E-state index in [9.17, 15) is 0 Å². The molecule has 1 atom stereocenters. The molecule has 1 fully saturated rings. The minimum absolute atomic E-state index is 0.619. The molecule has 0 amide bonds. The van der Waals surface area contributed by atoms with Crippen LogP contribution in [0.2, 0.25) is 0 Å². The molecule has 0 radical (unpaired) electrons. The number of pyridine rings is 1. The number of piperidine rings is 1. The van der Waals surface area contributed by atoms with E-state index in [-0.39, 0.29) is 0 Å². The third kappa shape index (κ3) is 3.93. The second-order valence-electron chi connectivity index (χ2n) is 5.17. The third-order valence-corrected chi connectivity index (χ3v) is 3.78. The van der Waals surface area contributed by atoms with E-state index in [0.29, 0.717) is 11.4 Å². The molecule has 2 heterocycles. The molecule has 2 rings (SSSR count). The molecule has 1 aromatic heterocycles. The monoisotopic (exact) mass is 258 g/mol. The van der Waals surface area contributed by atoms with E-state index in [1.54, 1.807) is 18.3 Å². The van der Waals surface area contributed by atoms with Gasteiger partial charge in [-0.05, 0) is 44.9 Å². The number of rotatable bonds is 5. The van der Waals surface area contributed by atoms with Gasteiger partial charge < -0.3 is 10.2 Å². The number of aromatic nitrogens is 1. The van der Waals surface area contributed by atoms with Crippen molar-refractivity contribution in [1.82, 2.24) is 9.88 Å². The molecule has 19 heavy (non-hydrogen) atoms. The highest BCUT2D eigenvalue weighted by atomic mass is 15.2. The molecule has 4 heteroatoms. The second kappa shape index (κ2) is 7.10. The standard InChI is InChI=1S/C15H22N4/c1-13-6-2-3-10-19(13)11-5-9-18-15-14(12-16)7-4-8-17-15/h4,7-8,13H,2-3,5-6,9-11H2,1H3,(H,17,18)/t13-/m0/s1. The Morgan fingerprint density at radius 2 is 2.42 bits per heavy atom. The van der Waals surface area contributed by atoms with Gasteiger partial charge in [-0.15, -0.1) is 0 Å². The fourth-order valence-corrected chi connectivity index (χ4v) is 2.62. The highest BCUT2D eigenvalue weighted by molar-refractivity contribution is 5.50. The molecule has 0 spiro atoms. The Kier molecular flexibility index (Phi) is 5.17. The summed E-state index contributed by atoms with van der Waals surface area (Å²) in [4.78, 5) is 6.77. The van der Waals surface area contributed by atoms with Crippen LogP contribution in [0.3, 0.4) is 0 Å². The highest BCUT2D eigenvalue weighted by Gasteiger charge is 2.17. The van der Waals surface area contributed by atoms with Gasteiger partial charge in [0.1, 0.15) is 11.9 Å². The third-order valence-electron chi connectivity index (χ3n) is 3.78. The van der Waals surface area contributed by atoms with Gasteiger partial charge in [0.15, 0.2) is 0 Å². The molecule has 1 N–H and O–H groups in total. The molecule has 1 saturated heterocycles. The molecule has 0 saturated carbocycles. The molecule has 0 aromatic carbocycles. The smallest absolute Gasteiger partial charge is 0.143 e. The average molecular weight is 258 g/mol. The lowest BCUT2D eigenvalue weighted by Gasteiger charge is -2.33. The fraction of sp³-hybridized carbons (Fsp3) is 0.600. The fourth-order valence-electron chi connectivity index (χ4n) is 2.62. The maximum Gasteiger partial charge on any atom is 0.143 e. The summed E-state index contributed by atoms with van der Waals surface area (Å²) in [6.07, 6.45) is 6.83. The van der Waals surface area contributed by atoms with Gasteiger partial charge in [-0.3, -0.25) is 0 Å². The van der Waals surface area contributed by atoms with Crippen molar-refractivity contribution in [2.75, 3.05) is 25.0 Å². The van der Waals surface area contributed by atoms with Crippen molar-refractivity contribution in [2.24, 2.45) is 0 Å². The lowest BCUT2D eigenvalue weighted by molar-refractivity contribution is 0.160. The van der Waals surface area contributed by atoms with Gasteiger partial charge in [-0.25, -0.2) is 4.98 Å². The summed E-state index contributed by atoms with van der Waals surface area (Å²) in [6.45, 7) is 5.55. The zero-order valence-corrected chi connectivity index (χ0v) is 11.6. The first kappa shape index (κ1) is 13.8. The molecule has 4 nitrogen and oxygen atoms in total. The SMILES string of the molecule is C[C@H]1CCCCN1CCCNc1ncccc1C#N. The first-order valence-electron chi connectivity index (χ1n) is 7.14. The molecular formula is C15H22N4. The maximum atomic E-state index is 8.98. The van der Waals surface area contributed by atoms with Crippen LogP contribution < -0.4 is 5.32 Å². The number of nitrogens with one attached hydrogen (secondary N) is 1. The summed E-state index contributed by atoms with van der Waals surface area (Å²) in [7, 11) is 0. The van der Waals surface area contributed by atoms with Crippen LogP contribution in [-0.2, 0) is 0 Å². The van der Waals surface area contributed by atoms with Crippen molar-refractivity contribution in [1.29, 1.82) is 5.26 Å². The topological polar surface area (TPSA) is 52.0 Å². The quantitative estimate of drug-likeness (QED) is 0.825. The van der Waals surface area contributed by atoms with Crippen LogP contribution in [0.5, 0.6) is 0 Å². The summed E-state index contributed by atoms with van der Waals surface area (Å²) in [5.41, 5.74) is 0.619. The van der Waals surface area contributed by atoms with Crippen LogP contribution in [-0.4, -0.2) is 35.6 Å². The van der Waals surface area contributed by atoms with Crippen molar-refractivity contribution in [3.8, 4) is 6.07 Å².